The molecular weight excluding hydrogens is 358 g/mol. The summed E-state index contributed by atoms with van der Waals surface area (Å²) in [5.74, 6) is -2.30. The van der Waals surface area contributed by atoms with Gasteiger partial charge in [-0.25, -0.2) is 9.59 Å². The Hall–Kier alpha value is -2.85. The number of carbonyl (C=O) groups excluding carboxylic acids is 2. The molecule has 0 aromatic carbocycles. The van der Waals surface area contributed by atoms with E-state index in [0.29, 0.717) is 11.1 Å². The lowest BCUT2D eigenvalue weighted by Gasteiger charge is -2.20. The van der Waals surface area contributed by atoms with Gasteiger partial charge in [-0.1, -0.05) is 13.8 Å². The molecule has 0 aliphatic rings. The minimum absolute atomic E-state index is 0.0331. The average Bonchev–Trinajstić information content (AvgIpc) is 3.20. The third kappa shape index (κ3) is 5.08. The molecule has 0 saturated heterocycles. The third-order valence-corrected chi connectivity index (χ3v) is 3.86. The molecule has 0 fully saturated rings. The van der Waals surface area contributed by atoms with Gasteiger partial charge >= 0.3 is 11.9 Å². The van der Waals surface area contributed by atoms with Crippen molar-refractivity contribution in [3.63, 3.8) is 0 Å². The van der Waals surface area contributed by atoms with Crippen molar-refractivity contribution in [1.29, 1.82) is 0 Å². The zero-order valence-electron chi connectivity index (χ0n) is 15.1. The van der Waals surface area contributed by atoms with Crippen LogP contribution in [0.1, 0.15) is 24.3 Å². The Labute approximate surface area is 155 Å². The third-order valence-electron chi connectivity index (χ3n) is 3.86. The molecule has 10 nitrogen and oxygen atoms in total. The van der Waals surface area contributed by atoms with Crippen LogP contribution in [0.3, 0.4) is 0 Å². The summed E-state index contributed by atoms with van der Waals surface area (Å²) >= 11 is 0. The molecule has 2 aromatic rings. The number of carboxylic acids is 1. The van der Waals surface area contributed by atoms with E-state index in [0.717, 1.165) is 0 Å². The second-order valence-electron chi connectivity index (χ2n) is 6.13. The van der Waals surface area contributed by atoms with Crippen molar-refractivity contribution in [2.45, 2.75) is 26.6 Å². The first-order valence-corrected chi connectivity index (χ1v) is 8.39. The van der Waals surface area contributed by atoms with Crippen molar-refractivity contribution in [3.8, 4) is 0 Å². The van der Waals surface area contributed by atoms with Crippen LogP contribution in [0.4, 0.5) is 0 Å². The summed E-state index contributed by atoms with van der Waals surface area (Å²) in [6, 6.07) is 2.25. The van der Waals surface area contributed by atoms with E-state index in [1.54, 1.807) is 19.9 Å². The maximum absolute atomic E-state index is 12.1. The number of hydrogen-bond acceptors (Lipinski definition) is 7. The normalized spacial score (nSPS) is 12.3. The molecule has 0 bridgehead atoms. The Morgan fingerprint density at radius 3 is 2.70 bits per heavy atom. The molecule has 1 atom stereocenters. The van der Waals surface area contributed by atoms with E-state index in [4.69, 9.17) is 19.6 Å². The molecule has 27 heavy (non-hydrogen) atoms. The Kier molecular flexibility index (Phi) is 6.97. The van der Waals surface area contributed by atoms with Crippen molar-refractivity contribution in [2.24, 2.45) is 11.7 Å². The molecule has 10 heteroatoms. The van der Waals surface area contributed by atoms with Crippen molar-refractivity contribution >= 4 is 28.9 Å². The van der Waals surface area contributed by atoms with Crippen LogP contribution in [0.25, 0.3) is 11.1 Å². The lowest BCUT2D eigenvalue weighted by molar-refractivity contribution is -0.150. The number of hydrogen-bond donors (Lipinski definition) is 3. The Morgan fingerprint density at radius 2 is 2.07 bits per heavy atom. The molecular formula is C17H23N3O7. The van der Waals surface area contributed by atoms with Crippen LogP contribution in [0, 0.1) is 5.92 Å². The molecule has 2 heterocycles. The van der Waals surface area contributed by atoms with Crippen LogP contribution in [0.15, 0.2) is 22.8 Å². The summed E-state index contributed by atoms with van der Waals surface area (Å²) in [7, 11) is 0. The first-order chi connectivity index (χ1) is 12.8. The zero-order chi connectivity index (χ0) is 20.0. The Morgan fingerprint density at radius 1 is 1.33 bits per heavy atom. The summed E-state index contributed by atoms with van der Waals surface area (Å²) in [6.07, 6.45) is 1.45. The van der Waals surface area contributed by atoms with E-state index in [-0.39, 0.29) is 38.1 Å². The molecule has 2 rings (SSSR count). The fourth-order valence-electron chi connectivity index (χ4n) is 2.47. The van der Waals surface area contributed by atoms with Crippen LogP contribution < -0.4 is 11.1 Å². The van der Waals surface area contributed by atoms with Gasteiger partial charge in [0, 0.05) is 12.1 Å². The van der Waals surface area contributed by atoms with Gasteiger partial charge in [-0.05, 0) is 5.92 Å². The summed E-state index contributed by atoms with van der Waals surface area (Å²) in [5.41, 5.74) is 6.30. The van der Waals surface area contributed by atoms with Crippen molar-refractivity contribution in [3.05, 3.63) is 24.1 Å². The lowest BCUT2D eigenvalue weighted by atomic mass is 10.0. The van der Waals surface area contributed by atoms with E-state index < -0.39 is 23.9 Å². The number of rotatable bonds is 10. The molecule has 0 radical (unpaired) electrons. The van der Waals surface area contributed by atoms with E-state index in [1.165, 1.54) is 16.9 Å². The number of amides is 1. The smallest absolute Gasteiger partial charge is 0.352 e. The first-order valence-electron chi connectivity index (χ1n) is 8.39. The highest BCUT2D eigenvalue weighted by Gasteiger charge is 2.25. The number of furan rings is 1. The fourth-order valence-corrected chi connectivity index (χ4v) is 2.47. The van der Waals surface area contributed by atoms with Crippen LogP contribution in [-0.2, 0) is 25.8 Å². The number of fused-ring (bicyclic) bond motifs is 1. The van der Waals surface area contributed by atoms with Gasteiger partial charge in [0.1, 0.15) is 25.1 Å². The quantitative estimate of drug-likeness (QED) is 0.399. The van der Waals surface area contributed by atoms with Crippen LogP contribution in [-0.4, -0.2) is 53.3 Å². The van der Waals surface area contributed by atoms with E-state index >= 15 is 0 Å². The van der Waals surface area contributed by atoms with Gasteiger partial charge in [-0.15, -0.1) is 0 Å². The number of carbonyl (C=O) groups is 3. The second kappa shape index (κ2) is 9.19. The second-order valence-corrected chi connectivity index (χ2v) is 6.13. The van der Waals surface area contributed by atoms with Gasteiger partial charge in [0.15, 0.2) is 5.58 Å². The number of ether oxygens (including phenoxy) is 2. The summed E-state index contributed by atoms with van der Waals surface area (Å²) in [4.78, 5) is 34.8. The highest BCUT2D eigenvalue weighted by atomic mass is 16.6. The lowest BCUT2D eigenvalue weighted by Crippen LogP contribution is -2.47. The largest absolute Gasteiger partial charge is 0.477 e. The fraction of sp³-hybridized carbons (Fsp3) is 0.471. The van der Waals surface area contributed by atoms with Crippen LogP contribution >= 0.6 is 0 Å². The number of aromatic nitrogens is 1. The van der Waals surface area contributed by atoms with Gasteiger partial charge in [0.2, 0.25) is 5.91 Å². The molecule has 148 valence electrons. The standard InChI is InChI=1S/C17H23N3O7/c1-10(2)15(19-14(21)8-18)17(24)27-6-5-25-9-20-11-3-4-26-13(11)7-12(20)16(22)23/h3-4,7,10,15H,5-6,8-9,18H2,1-2H3,(H,19,21)(H,22,23). The van der Waals surface area contributed by atoms with E-state index in [1.807, 2.05) is 0 Å². The molecule has 1 unspecified atom stereocenters. The van der Waals surface area contributed by atoms with E-state index in [9.17, 15) is 19.5 Å². The molecule has 0 spiro atoms. The van der Waals surface area contributed by atoms with Gasteiger partial charge < -0.3 is 34.6 Å². The SMILES string of the molecule is CC(C)C(NC(=O)CN)C(=O)OCCOCn1c(C(=O)O)cc2occc21. The van der Waals surface area contributed by atoms with Crippen molar-refractivity contribution < 1.29 is 33.4 Å². The zero-order valence-corrected chi connectivity index (χ0v) is 15.1. The summed E-state index contributed by atoms with van der Waals surface area (Å²) in [5, 5.41) is 11.7. The van der Waals surface area contributed by atoms with Crippen molar-refractivity contribution in [1.82, 2.24) is 9.88 Å². The number of nitrogens with one attached hydrogen (secondary N) is 1. The maximum Gasteiger partial charge on any atom is 0.352 e. The molecule has 0 aliphatic heterocycles. The van der Waals surface area contributed by atoms with Gasteiger partial charge in [-0.2, -0.15) is 0 Å². The first kappa shape index (κ1) is 20.5. The van der Waals surface area contributed by atoms with Gasteiger partial charge in [0.05, 0.1) is 24.9 Å². The predicted octanol–water partition coefficient (Wildman–Crippen LogP) is 0.549. The Bertz CT molecular complexity index is 809. The topological polar surface area (TPSA) is 146 Å². The average molecular weight is 381 g/mol. The van der Waals surface area contributed by atoms with E-state index in [2.05, 4.69) is 5.32 Å². The number of carboxylic acid groups (broad SMARTS) is 1. The highest BCUT2D eigenvalue weighted by Crippen LogP contribution is 2.21. The highest BCUT2D eigenvalue weighted by molar-refractivity contribution is 5.92. The van der Waals surface area contributed by atoms with Gasteiger partial charge in [0.25, 0.3) is 0 Å². The monoisotopic (exact) mass is 381 g/mol. The molecule has 2 aromatic heterocycles. The van der Waals surface area contributed by atoms with Gasteiger partial charge in [-0.3, -0.25) is 4.79 Å². The molecule has 1 amide bonds. The number of aromatic carboxylic acids is 1. The van der Waals surface area contributed by atoms with Crippen molar-refractivity contribution in [2.75, 3.05) is 19.8 Å². The van der Waals surface area contributed by atoms with Crippen LogP contribution in [0.5, 0.6) is 0 Å². The number of nitrogens with zero attached hydrogens (tertiary/aromatic N) is 1. The summed E-state index contributed by atoms with van der Waals surface area (Å²) in [6.45, 7) is 3.30. The van der Waals surface area contributed by atoms with Crippen LogP contribution in [0.2, 0.25) is 0 Å². The predicted molar refractivity (Wildman–Crippen MR) is 93.9 cm³/mol. The minimum Gasteiger partial charge on any atom is -0.477 e. The molecule has 0 saturated carbocycles. The number of nitrogens with two attached hydrogens (primary N) is 1. The Balaban J connectivity index is 1.84. The molecule has 4 N–H and O–H groups in total. The maximum atomic E-state index is 12.1. The molecule has 0 aliphatic carbocycles. The number of esters is 1. The minimum atomic E-state index is -1.10. The summed E-state index contributed by atoms with van der Waals surface area (Å²) < 4.78 is 17.2.